The van der Waals surface area contributed by atoms with E-state index in [1.54, 1.807) is 0 Å². The Balaban J connectivity index is 4.43. The number of halogens is 6. The Morgan fingerprint density at radius 2 is 0.571 bits per heavy atom. The van der Waals surface area contributed by atoms with Gasteiger partial charge in [0, 0.05) is 0 Å². The monoisotopic (exact) mass is 666 g/mol. The van der Waals surface area contributed by atoms with E-state index in [4.69, 9.17) is 0 Å². The average Bonchev–Trinajstić information content (AvgIpc) is 0.592. The summed E-state index contributed by atoms with van der Waals surface area (Å²) >= 11 is 20.1. The predicted octanol–water partition coefficient (Wildman–Crippen LogP) is 5.07. The third kappa shape index (κ3) is 43.4. The Morgan fingerprint density at radius 1 is 0.571 bits per heavy atom. The fraction of sp³-hybridized carbons (Fsp3) is 0. The van der Waals surface area contributed by atoms with E-state index in [0.717, 1.165) is 0 Å². The molecule has 54 valence electrons. The topological polar surface area (TPSA) is 0 Å². The standard InChI is InChI=1S/6BrH.Ir/h6*1H;/q;;;;;;+3/p-6. The van der Waals surface area contributed by atoms with E-state index < -0.39 is 0.881 Å². The molecule has 0 aliphatic rings. The van der Waals surface area contributed by atoms with E-state index in [1.807, 2.05) is 0 Å². The first kappa shape index (κ1) is 10.5. The minimum absolute atomic E-state index is 3.29. The first-order chi connectivity index (χ1) is 2.45. The van der Waals surface area contributed by atoms with Crippen LogP contribution in [0.25, 0.3) is 0 Å². The van der Waals surface area contributed by atoms with E-state index in [-0.39, 0.29) is 0 Å². The predicted molar refractivity (Wildman–Crippen MR) is 53.6 cm³/mol. The Bertz CT molecular complexity index is 62.7. The minimum atomic E-state index is -3.29. The fourth-order valence-corrected chi connectivity index (χ4v) is 0. The van der Waals surface area contributed by atoms with E-state index in [2.05, 4.69) is 81.0 Å². The van der Waals surface area contributed by atoms with E-state index >= 15 is 0 Å². The molecule has 0 rings (SSSR count). The maximum atomic E-state index is 3.35. The SMILES string of the molecule is [Br][Ir-3]([Br])([Br])([Br])([Br])[Br]. The van der Waals surface area contributed by atoms with E-state index in [1.165, 1.54) is 0 Å². The second-order valence-electron chi connectivity index (χ2n) is 0.714. The molecule has 0 heterocycles. The molecular formula is Br6Ir-3. The van der Waals surface area contributed by atoms with Crippen molar-refractivity contribution < 1.29 is 0.881 Å². The van der Waals surface area contributed by atoms with Crippen molar-refractivity contribution in [3.05, 3.63) is 0 Å². The van der Waals surface area contributed by atoms with Crippen LogP contribution in [-0.2, 0) is 0.881 Å². The molecule has 0 saturated heterocycles. The number of hydrogen-bond donors (Lipinski definition) is 0. The molecular weight excluding hydrogens is 672 g/mol. The van der Waals surface area contributed by atoms with Crippen LogP contribution in [-0.4, -0.2) is 0 Å². The summed E-state index contributed by atoms with van der Waals surface area (Å²) in [5, 5.41) is 0. The van der Waals surface area contributed by atoms with Gasteiger partial charge in [0.25, 0.3) is 0 Å². The van der Waals surface area contributed by atoms with Crippen molar-refractivity contribution >= 4 is 81.0 Å². The summed E-state index contributed by atoms with van der Waals surface area (Å²) in [4.78, 5) is 0. The summed E-state index contributed by atoms with van der Waals surface area (Å²) in [7, 11) is 0. The van der Waals surface area contributed by atoms with Crippen molar-refractivity contribution in [3.63, 3.8) is 0 Å². The maximum absolute atomic E-state index is 3.35. The Morgan fingerprint density at radius 3 is 0.571 bits per heavy atom. The van der Waals surface area contributed by atoms with Gasteiger partial charge in [0.2, 0.25) is 0 Å². The van der Waals surface area contributed by atoms with Gasteiger partial charge in [-0.15, -0.1) is 0 Å². The summed E-state index contributed by atoms with van der Waals surface area (Å²) in [6.45, 7) is 0. The molecule has 0 amide bonds. The Kier molecular flexibility index (Phi) is 3.04. The van der Waals surface area contributed by atoms with Gasteiger partial charge in [-0.2, -0.15) is 0 Å². The molecule has 0 atom stereocenters. The molecule has 7 heteroatoms. The van der Waals surface area contributed by atoms with Crippen LogP contribution in [0.2, 0.25) is 0 Å². The third-order valence-corrected chi connectivity index (χ3v) is 0. The second-order valence-corrected chi connectivity index (χ2v) is 158. The normalized spacial score (nSPS) is 23.1. The Hall–Kier alpha value is 3.53. The molecule has 7 heavy (non-hydrogen) atoms. The number of rotatable bonds is 0. The molecule has 0 radical (unpaired) electrons. The van der Waals surface area contributed by atoms with Gasteiger partial charge < -0.3 is 0 Å². The van der Waals surface area contributed by atoms with Gasteiger partial charge in [-0.05, 0) is 0 Å². The van der Waals surface area contributed by atoms with Crippen molar-refractivity contribution in [1.82, 2.24) is 0 Å². The van der Waals surface area contributed by atoms with Crippen LogP contribution in [0.1, 0.15) is 0 Å². The van der Waals surface area contributed by atoms with Crippen molar-refractivity contribution in [2.45, 2.75) is 0 Å². The molecule has 0 aromatic heterocycles. The van der Waals surface area contributed by atoms with Crippen LogP contribution in [0.4, 0.5) is 0 Å². The molecule has 0 spiro atoms. The van der Waals surface area contributed by atoms with Gasteiger partial charge in [0.1, 0.15) is 0 Å². The molecule has 0 aromatic rings. The first-order valence-electron chi connectivity index (χ1n) is 0.756. The molecule has 0 unspecified atom stereocenters. The molecule has 0 N–H and O–H groups in total. The summed E-state index contributed by atoms with van der Waals surface area (Å²) < 4.78 is -3.29. The van der Waals surface area contributed by atoms with Crippen LogP contribution in [0.15, 0.2) is 0 Å². The molecule has 0 fully saturated rings. The Labute approximate surface area is 79.8 Å². The zero-order valence-electron chi connectivity index (χ0n) is 2.60. The summed E-state index contributed by atoms with van der Waals surface area (Å²) in [6, 6.07) is 0. The molecule has 0 aliphatic carbocycles. The molecule has 0 nitrogen and oxygen atoms in total. The van der Waals surface area contributed by atoms with E-state index in [0.29, 0.717) is 0 Å². The summed E-state index contributed by atoms with van der Waals surface area (Å²) in [6.07, 6.45) is 0. The summed E-state index contributed by atoms with van der Waals surface area (Å²) in [5.41, 5.74) is 0. The van der Waals surface area contributed by atoms with Crippen LogP contribution in [0, 0.1) is 0 Å². The van der Waals surface area contributed by atoms with Crippen LogP contribution < -0.4 is 0 Å². The first-order valence-corrected chi connectivity index (χ1v) is 32.2. The van der Waals surface area contributed by atoms with Gasteiger partial charge in [-0.1, -0.05) is 0 Å². The van der Waals surface area contributed by atoms with Gasteiger partial charge in [0.05, 0.1) is 0 Å². The quantitative estimate of drug-likeness (QED) is 0.338. The molecule has 0 aromatic carbocycles. The second kappa shape index (κ2) is 2.02. The average molecular weight is 672 g/mol. The van der Waals surface area contributed by atoms with Crippen molar-refractivity contribution in [2.24, 2.45) is 0 Å². The third-order valence-electron chi connectivity index (χ3n) is 0. The van der Waals surface area contributed by atoms with Crippen LogP contribution >= 0.6 is 81.0 Å². The van der Waals surface area contributed by atoms with Crippen molar-refractivity contribution in [1.29, 1.82) is 0 Å². The van der Waals surface area contributed by atoms with Crippen LogP contribution in [0.3, 0.4) is 0 Å². The summed E-state index contributed by atoms with van der Waals surface area (Å²) in [5.74, 6) is 0. The van der Waals surface area contributed by atoms with Gasteiger partial charge in [-0.25, -0.2) is 0 Å². The molecule has 0 saturated carbocycles. The van der Waals surface area contributed by atoms with Gasteiger partial charge >= 0.3 is 81.8 Å². The van der Waals surface area contributed by atoms with Crippen molar-refractivity contribution in [2.75, 3.05) is 0 Å². The van der Waals surface area contributed by atoms with Gasteiger partial charge in [0.15, 0.2) is 0 Å². The van der Waals surface area contributed by atoms with Gasteiger partial charge in [-0.3, -0.25) is 0 Å². The molecule has 0 aliphatic heterocycles. The zero-order chi connectivity index (χ0) is 6.41. The zero-order valence-corrected chi connectivity index (χ0v) is 14.5. The fourth-order valence-electron chi connectivity index (χ4n) is 0. The van der Waals surface area contributed by atoms with E-state index in [9.17, 15) is 0 Å². The van der Waals surface area contributed by atoms with Crippen LogP contribution in [0.5, 0.6) is 0 Å². The van der Waals surface area contributed by atoms with Crippen molar-refractivity contribution in [3.8, 4) is 0 Å². The number of hydrogen-bond acceptors (Lipinski definition) is 0. The molecule has 0 bridgehead atoms.